The van der Waals surface area contributed by atoms with Gasteiger partial charge in [0.25, 0.3) is 11.8 Å². The Bertz CT molecular complexity index is 842. The third-order valence-electron chi connectivity index (χ3n) is 4.25. The average Bonchev–Trinajstić information content (AvgIpc) is 2.55. The van der Waals surface area contributed by atoms with E-state index in [1.54, 1.807) is 42.5 Å². The molecule has 0 radical (unpaired) electrons. The van der Waals surface area contributed by atoms with Crippen molar-refractivity contribution in [1.29, 1.82) is 0 Å². The number of nitrogens with two attached hydrogens (primary N) is 1. The standard InChI is InChI=1S/C19H18N2O3/c1-11(2)12-6-5-7-13(10-12)21-18(23)15-9-4-3-8-14(15)16(17(20)22)19(21)24/h3-11,16H,1-2H3,(H2,20,22). The molecule has 0 spiro atoms. The quantitative estimate of drug-likeness (QED) is 0.696. The Morgan fingerprint density at radius 3 is 2.46 bits per heavy atom. The lowest BCUT2D eigenvalue weighted by Gasteiger charge is -2.31. The van der Waals surface area contributed by atoms with E-state index in [4.69, 9.17) is 5.73 Å². The van der Waals surface area contributed by atoms with Crippen LogP contribution in [-0.4, -0.2) is 17.7 Å². The molecule has 2 aromatic carbocycles. The maximum Gasteiger partial charge on any atom is 0.265 e. The zero-order valence-corrected chi connectivity index (χ0v) is 13.5. The molecule has 0 saturated heterocycles. The van der Waals surface area contributed by atoms with E-state index in [0.29, 0.717) is 16.8 Å². The number of amides is 3. The first-order valence-electron chi connectivity index (χ1n) is 7.78. The molecule has 24 heavy (non-hydrogen) atoms. The summed E-state index contributed by atoms with van der Waals surface area (Å²) in [5.41, 5.74) is 7.60. The van der Waals surface area contributed by atoms with Crippen LogP contribution in [0.15, 0.2) is 48.5 Å². The van der Waals surface area contributed by atoms with Crippen LogP contribution in [0.5, 0.6) is 0 Å². The van der Waals surface area contributed by atoms with Crippen molar-refractivity contribution < 1.29 is 14.4 Å². The maximum atomic E-state index is 12.8. The Hall–Kier alpha value is -2.95. The Balaban J connectivity index is 2.16. The molecule has 0 aromatic heterocycles. The minimum atomic E-state index is -1.15. The van der Waals surface area contributed by atoms with Gasteiger partial charge in [0.05, 0.1) is 5.69 Å². The molecule has 1 heterocycles. The highest BCUT2D eigenvalue weighted by atomic mass is 16.2. The third kappa shape index (κ3) is 2.48. The Morgan fingerprint density at radius 1 is 1.08 bits per heavy atom. The van der Waals surface area contributed by atoms with Crippen LogP contribution in [0.4, 0.5) is 5.69 Å². The van der Waals surface area contributed by atoms with E-state index < -0.39 is 23.6 Å². The fourth-order valence-corrected chi connectivity index (χ4v) is 2.97. The highest BCUT2D eigenvalue weighted by molar-refractivity contribution is 6.30. The van der Waals surface area contributed by atoms with Gasteiger partial charge >= 0.3 is 0 Å². The second-order valence-electron chi connectivity index (χ2n) is 6.15. The summed E-state index contributed by atoms with van der Waals surface area (Å²) in [5.74, 6) is -2.70. The van der Waals surface area contributed by atoms with Gasteiger partial charge in [-0.15, -0.1) is 0 Å². The molecule has 0 saturated carbocycles. The minimum Gasteiger partial charge on any atom is -0.369 e. The van der Waals surface area contributed by atoms with Crippen LogP contribution in [-0.2, 0) is 9.59 Å². The highest BCUT2D eigenvalue weighted by Gasteiger charge is 2.42. The second-order valence-corrected chi connectivity index (χ2v) is 6.15. The fourth-order valence-electron chi connectivity index (χ4n) is 2.97. The van der Waals surface area contributed by atoms with E-state index in [2.05, 4.69) is 0 Å². The number of rotatable bonds is 3. The summed E-state index contributed by atoms with van der Waals surface area (Å²) in [6.45, 7) is 4.06. The van der Waals surface area contributed by atoms with Crippen molar-refractivity contribution in [3.8, 4) is 0 Å². The summed E-state index contributed by atoms with van der Waals surface area (Å²) in [6.07, 6.45) is 0. The molecule has 5 heteroatoms. The van der Waals surface area contributed by atoms with Crippen LogP contribution in [0.3, 0.4) is 0 Å². The van der Waals surface area contributed by atoms with Gasteiger partial charge in [-0.1, -0.05) is 44.2 Å². The number of benzene rings is 2. The number of carbonyl (C=O) groups is 3. The molecular formula is C19H18N2O3. The summed E-state index contributed by atoms with van der Waals surface area (Å²) >= 11 is 0. The zero-order valence-electron chi connectivity index (χ0n) is 13.5. The molecular weight excluding hydrogens is 304 g/mol. The molecule has 1 atom stereocenters. The molecule has 122 valence electrons. The van der Waals surface area contributed by atoms with Crippen LogP contribution in [0.2, 0.25) is 0 Å². The second kappa shape index (κ2) is 5.92. The smallest absolute Gasteiger partial charge is 0.265 e. The van der Waals surface area contributed by atoms with E-state index in [9.17, 15) is 14.4 Å². The molecule has 3 rings (SSSR count). The number of nitrogens with zero attached hydrogens (tertiary/aromatic N) is 1. The molecule has 3 amide bonds. The van der Waals surface area contributed by atoms with Crippen LogP contribution in [0.25, 0.3) is 0 Å². The number of carbonyl (C=O) groups excluding carboxylic acids is 3. The number of anilines is 1. The van der Waals surface area contributed by atoms with Crippen molar-refractivity contribution in [3.63, 3.8) is 0 Å². The van der Waals surface area contributed by atoms with Crippen molar-refractivity contribution in [1.82, 2.24) is 0 Å². The minimum absolute atomic E-state index is 0.249. The molecule has 0 aliphatic carbocycles. The number of hydrogen-bond acceptors (Lipinski definition) is 3. The fraction of sp³-hybridized carbons (Fsp3) is 0.211. The number of primary amides is 1. The summed E-state index contributed by atoms with van der Waals surface area (Å²) in [4.78, 5) is 38.6. The molecule has 2 aromatic rings. The largest absolute Gasteiger partial charge is 0.369 e. The van der Waals surface area contributed by atoms with Gasteiger partial charge in [0.15, 0.2) is 0 Å². The van der Waals surface area contributed by atoms with E-state index in [0.717, 1.165) is 10.5 Å². The Kier molecular flexibility index (Phi) is 3.93. The molecule has 0 bridgehead atoms. The molecule has 1 unspecified atom stereocenters. The van der Waals surface area contributed by atoms with E-state index >= 15 is 0 Å². The van der Waals surface area contributed by atoms with Crippen LogP contribution < -0.4 is 10.6 Å². The summed E-state index contributed by atoms with van der Waals surface area (Å²) in [6, 6.07) is 13.8. The van der Waals surface area contributed by atoms with Gasteiger partial charge in [0.1, 0.15) is 5.92 Å². The van der Waals surface area contributed by atoms with Crippen molar-refractivity contribution in [2.75, 3.05) is 4.90 Å². The monoisotopic (exact) mass is 322 g/mol. The van der Waals surface area contributed by atoms with Crippen molar-refractivity contribution in [3.05, 3.63) is 65.2 Å². The lowest BCUT2D eigenvalue weighted by atomic mass is 9.87. The highest BCUT2D eigenvalue weighted by Crippen LogP contribution is 2.33. The first-order chi connectivity index (χ1) is 11.4. The maximum absolute atomic E-state index is 12.8. The summed E-state index contributed by atoms with van der Waals surface area (Å²) in [5, 5.41) is 0. The van der Waals surface area contributed by atoms with Gasteiger partial charge in [-0.05, 0) is 35.2 Å². The summed E-state index contributed by atoms with van der Waals surface area (Å²) < 4.78 is 0. The van der Waals surface area contributed by atoms with Crippen LogP contribution in [0, 0.1) is 0 Å². The Morgan fingerprint density at radius 2 is 1.79 bits per heavy atom. The predicted octanol–water partition coefficient (Wildman–Crippen LogP) is 2.57. The van der Waals surface area contributed by atoms with Crippen LogP contribution in [0.1, 0.15) is 47.2 Å². The number of imide groups is 1. The Labute approximate surface area is 140 Å². The van der Waals surface area contributed by atoms with Gasteiger partial charge < -0.3 is 5.73 Å². The van der Waals surface area contributed by atoms with E-state index in [1.807, 2.05) is 19.9 Å². The molecule has 1 aliphatic heterocycles. The normalized spacial score (nSPS) is 17.1. The van der Waals surface area contributed by atoms with Crippen molar-refractivity contribution in [2.45, 2.75) is 25.7 Å². The molecule has 1 aliphatic rings. The van der Waals surface area contributed by atoms with E-state index in [-0.39, 0.29) is 5.92 Å². The van der Waals surface area contributed by atoms with Gasteiger partial charge in [0, 0.05) is 5.56 Å². The van der Waals surface area contributed by atoms with Crippen molar-refractivity contribution in [2.24, 2.45) is 5.73 Å². The van der Waals surface area contributed by atoms with Gasteiger partial charge in [-0.3, -0.25) is 14.4 Å². The first kappa shape index (κ1) is 15.9. The lowest BCUT2D eigenvalue weighted by molar-refractivity contribution is -0.128. The number of fused-ring (bicyclic) bond motifs is 1. The van der Waals surface area contributed by atoms with Crippen molar-refractivity contribution >= 4 is 23.4 Å². The topological polar surface area (TPSA) is 80.5 Å². The van der Waals surface area contributed by atoms with Gasteiger partial charge in [-0.2, -0.15) is 0 Å². The van der Waals surface area contributed by atoms with E-state index in [1.165, 1.54) is 0 Å². The summed E-state index contributed by atoms with van der Waals surface area (Å²) in [7, 11) is 0. The molecule has 0 fully saturated rings. The third-order valence-corrected chi connectivity index (χ3v) is 4.25. The lowest BCUT2D eigenvalue weighted by Crippen LogP contribution is -2.48. The molecule has 2 N–H and O–H groups in total. The number of hydrogen-bond donors (Lipinski definition) is 1. The first-order valence-corrected chi connectivity index (χ1v) is 7.78. The van der Waals surface area contributed by atoms with Gasteiger partial charge in [-0.25, -0.2) is 4.90 Å². The van der Waals surface area contributed by atoms with Gasteiger partial charge in [0.2, 0.25) is 5.91 Å². The SMILES string of the molecule is CC(C)c1cccc(N2C(=O)c3ccccc3C(C(N)=O)C2=O)c1. The zero-order chi connectivity index (χ0) is 17.4. The molecule has 5 nitrogen and oxygen atoms in total. The predicted molar refractivity (Wildman–Crippen MR) is 90.7 cm³/mol. The van der Waals surface area contributed by atoms with Crippen LogP contribution >= 0.6 is 0 Å². The average molecular weight is 322 g/mol.